The molecule has 7 heteroatoms. The number of methoxy groups -OCH3 is 1. The van der Waals surface area contributed by atoms with Crippen LogP contribution in [0.4, 0.5) is 0 Å². The van der Waals surface area contributed by atoms with E-state index in [-0.39, 0.29) is 5.91 Å². The molecule has 0 saturated heterocycles. The van der Waals surface area contributed by atoms with Gasteiger partial charge in [-0.05, 0) is 30.0 Å². The molecule has 0 radical (unpaired) electrons. The molecule has 0 spiro atoms. The Hall–Kier alpha value is -2.12. The van der Waals surface area contributed by atoms with E-state index in [4.69, 9.17) is 15.2 Å². The zero-order chi connectivity index (χ0) is 18.2. The Morgan fingerprint density at radius 3 is 2.80 bits per heavy atom. The molecule has 0 bridgehead atoms. The summed E-state index contributed by atoms with van der Waals surface area (Å²) in [6.45, 7) is 5.69. The number of hydrogen-bond donors (Lipinski definition) is 2. The van der Waals surface area contributed by atoms with Crippen LogP contribution in [0.25, 0.3) is 0 Å². The van der Waals surface area contributed by atoms with Crippen molar-refractivity contribution in [1.82, 2.24) is 10.3 Å². The van der Waals surface area contributed by atoms with E-state index in [2.05, 4.69) is 24.1 Å². The number of benzene rings is 1. The number of hydrogen-bond acceptors (Lipinski definition) is 6. The molecule has 136 valence electrons. The second-order valence-electron chi connectivity index (χ2n) is 6.03. The molecule has 0 aliphatic rings. The van der Waals surface area contributed by atoms with Crippen molar-refractivity contribution >= 4 is 17.2 Å². The molecule has 0 aliphatic carbocycles. The zero-order valence-corrected chi connectivity index (χ0v) is 15.7. The topological polar surface area (TPSA) is 86.5 Å². The van der Waals surface area contributed by atoms with Gasteiger partial charge in [-0.15, -0.1) is 11.3 Å². The SMILES string of the molecule is COc1cc(CNC(=O)c2csc(CN)n2)ccc1OCCC(C)C. The highest BCUT2D eigenvalue weighted by Gasteiger charge is 2.11. The Bertz CT molecular complexity index is 701. The van der Waals surface area contributed by atoms with Crippen LogP contribution in [0.5, 0.6) is 11.5 Å². The number of amides is 1. The Balaban J connectivity index is 1.94. The molecule has 2 rings (SSSR count). The van der Waals surface area contributed by atoms with E-state index < -0.39 is 0 Å². The Morgan fingerprint density at radius 2 is 2.16 bits per heavy atom. The number of carbonyl (C=O) groups is 1. The summed E-state index contributed by atoms with van der Waals surface area (Å²) in [4.78, 5) is 16.3. The molecule has 1 amide bonds. The number of rotatable bonds is 9. The van der Waals surface area contributed by atoms with Gasteiger partial charge in [0.2, 0.25) is 0 Å². The van der Waals surface area contributed by atoms with Crippen molar-refractivity contribution in [2.75, 3.05) is 13.7 Å². The standard InChI is InChI=1S/C18H25N3O3S/c1-12(2)6-7-24-15-5-4-13(8-16(15)23-3)10-20-18(22)14-11-25-17(9-19)21-14/h4-5,8,11-12H,6-7,9-10,19H2,1-3H3,(H,20,22). The maximum atomic E-state index is 12.1. The predicted molar refractivity (Wildman–Crippen MR) is 99.1 cm³/mol. The van der Waals surface area contributed by atoms with E-state index in [0.29, 0.717) is 42.8 Å². The molecule has 1 aromatic heterocycles. The lowest BCUT2D eigenvalue weighted by Gasteiger charge is -2.13. The summed E-state index contributed by atoms with van der Waals surface area (Å²) in [5, 5.41) is 5.31. The van der Waals surface area contributed by atoms with E-state index in [1.165, 1.54) is 11.3 Å². The maximum Gasteiger partial charge on any atom is 0.271 e. The van der Waals surface area contributed by atoms with Crippen LogP contribution in [0.15, 0.2) is 23.6 Å². The third-order valence-electron chi connectivity index (χ3n) is 3.59. The minimum absolute atomic E-state index is 0.216. The molecule has 6 nitrogen and oxygen atoms in total. The molecule has 2 aromatic rings. The Kier molecular flexibility index (Phi) is 7.21. The van der Waals surface area contributed by atoms with Crippen LogP contribution in [0.2, 0.25) is 0 Å². The van der Waals surface area contributed by atoms with Crippen LogP contribution < -0.4 is 20.5 Å². The molecule has 0 fully saturated rings. The average molecular weight is 363 g/mol. The van der Waals surface area contributed by atoms with Gasteiger partial charge in [-0.25, -0.2) is 4.98 Å². The maximum absolute atomic E-state index is 12.1. The first-order chi connectivity index (χ1) is 12.0. The Morgan fingerprint density at radius 1 is 1.36 bits per heavy atom. The van der Waals surface area contributed by atoms with E-state index >= 15 is 0 Å². The molecular weight excluding hydrogens is 338 g/mol. The smallest absolute Gasteiger partial charge is 0.271 e. The van der Waals surface area contributed by atoms with Crippen LogP contribution in [0.3, 0.4) is 0 Å². The first-order valence-electron chi connectivity index (χ1n) is 8.25. The van der Waals surface area contributed by atoms with Crippen molar-refractivity contribution in [3.63, 3.8) is 0 Å². The van der Waals surface area contributed by atoms with E-state index in [0.717, 1.165) is 17.0 Å². The van der Waals surface area contributed by atoms with Crippen LogP contribution in [-0.2, 0) is 13.1 Å². The van der Waals surface area contributed by atoms with Gasteiger partial charge in [0.1, 0.15) is 10.7 Å². The van der Waals surface area contributed by atoms with Crippen LogP contribution >= 0.6 is 11.3 Å². The number of aromatic nitrogens is 1. The summed E-state index contributed by atoms with van der Waals surface area (Å²) < 4.78 is 11.2. The first-order valence-corrected chi connectivity index (χ1v) is 9.13. The van der Waals surface area contributed by atoms with E-state index in [1.54, 1.807) is 12.5 Å². The largest absolute Gasteiger partial charge is 0.493 e. The average Bonchev–Trinajstić information content (AvgIpc) is 3.09. The summed E-state index contributed by atoms with van der Waals surface area (Å²) in [7, 11) is 1.61. The lowest BCUT2D eigenvalue weighted by atomic mass is 10.1. The molecule has 3 N–H and O–H groups in total. The van der Waals surface area contributed by atoms with Gasteiger partial charge in [-0.1, -0.05) is 19.9 Å². The molecule has 0 saturated carbocycles. The molecule has 0 aliphatic heterocycles. The second kappa shape index (κ2) is 9.39. The number of nitrogens with two attached hydrogens (primary N) is 1. The van der Waals surface area contributed by atoms with E-state index in [1.807, 2.05) is 18.2 Å². The predicted octanol–water partition coefficient (Wildman–Crippen LogP) is 2.97. The highest BCUT2D eigenvalue weighted by Crippen LogP contribution is 2.28. The van der Waals surface area contributed by atoms with Crippen LogP contribution in [-0.4, -0.2) is 24.6 Å². The first kappa shape index (κ1) is 19.2. The van der Waals surface area contributed by atoms with Crippen molar-refractivity contribution < 1.29 is 14.3 Å². The Labute approximate surface area is 152 Å². The minimum atomic E-state index is -0.216. The molecule has 1 aromatic carbocycles. The summed E-state index contributed by atoms with van der Waals surface area (Å²) in [5.41, 5.74) is 6.84. The third kappa shape index (κ3) is 5.72. The quantitative estimate of drug-likeness (QED) is 0.715. The second-order valence-corrected chi connectivity index (χ2v) is 6.97. The van der Waals surface area contributed by atoms with Crippen LogP contribution in [0.1, 0.15) is 41.3 Å². The fourth-order valence-corrected chi connectivity index (χ4v) is 2.78. The van der Waals surface area contributed by atoms with Gasteiger partial charge in [0.15, 0.2) is 11.5 Å². The van der Waals surface area contributed by atoms with E-state index in [9.17, 15) is 4.79 Å². The van der Waals surface area contributed by atoms with Gasteiger partial charge in [0, 0.05) is 18.5 Å². The number of nitrogens with zero attached hydrogens (tertiary/aromatic N) is 1. The summed E-state index contributed by atoms with van der Waals surface area (Å²) >= 11 is 1.38. The summed E-state index contributed by atoms with van der Waals surface area (Å²) in [6.07, 6.45) is 0.986. The van der Waals surface area contributed by atoms with Crippen molar-refractivity contribution in [2.24, 2.45) is 11.7 Å². The highest BCUT2D eigenvalue weighted by atomic mass is 32.1. The summed E-state index contributed by atoms with van der Waals surface area (Å²) in [5.74, 6) is 1.75. The number of nitrogens with one attached hydrogen (secondary N) is 1. The van der Waals surface area contributed by atoms with Crippen molar-refractivity contribution in [3.05, 3.63) is 39.8 Å². The van der Waals surface area contributed by atoms with Gasteiger partial charge < -0.3 is 20.5 Å². The van der Waals surface area contributed by atoms with Gasteiger partial charge in [0.05, 0.1) is 13.7 Å². The van der Waals surface area contributed by atoms with Crippen molar-refractivity contribution in [1.29, 1.82) is 0 Å². The van der Waals surface area contributed by atoms with Gasteiger partial charge in [-0.3, -0.25) is 4.79 Å². The summed E-state index contributed by atoms with van der Waals surface area (Å²) in [6, 6.07) is 5.66. The number of ether oxygens (including phenoxy) is 2. The molecular formula is C18H25N3O3S. The molecule has 0 atom stereocenters. The number of thiazole rings is 1. The minimum Gasteiger partial charge on any atom is -0.493 e. The highest BCUT2D eigenvalue weighted by molar-refractivity contribution is 7.09. The normalized spacial score (nSPS) is 10.8. The number of carbonyl (C=O) groups excluding carboxylic acids is 1. The third-order valence-corrected chi connectivity index (χ3v) is 4.46. The molecule has 25 heavy (non-hydrogen) atoms. The van der Waals surface area contributed by atoms with Crippen molar-refractivity contribution in [2.45, 2.75) is 33.4 Å². The monoisotopic (exact) mass is 363 g/mol. The fourth-order valence-electron chi connectivity index (χ4n) is 2.13. The molecule has 1 heterocycles. The van der Waals surface area contributed by atoms with Gasteiger partial charge >= 0.3 is 0 Å². The van der Waals surface area contributed by atoms with Gasteiger partial charge in [0.25, 0.3) is 5.91 Å². The fraction of sp³-hybridized carbons (Fsp3) is 0.444. The van der Waals surface area contributed by atoms with Crippen LogP contribution in [0, 0.1) is 5.92 Å². The lowest BCUT2D eigenvalue weighted by molar-refractivity contribution is 0.0946. The zero-order valence-electron chi connectivity index (χ0n) is 14.9. The van der Waals surface area contributed by atoms with Crippen molar-refractivity contribution in [3.8, 4) is 11.5 Å². The van der Waals surface area contributed by atoms with Gasteiger partial charge in [-0.2, -0.15) is 0 Å². The lowest BCUT2D eigenvalue weighted by Crippen LogP contribution is -2.23. The molecule has 0 unspecified atom stereocenters.